The van der Waals surface area contributed by atoms with Crippen molar-refractivity contribution < 1.29 is 23.9 Å². The normalized spacial score (nSPS) is 11.7. The molecule has 0 spiro atoms. The third-order valence-corrected chi connectivity index (χ3v) is 3.65. The van der Waals surface area contributed by atoms with Crippen LogP contribution in [0, 0.1) is 5.92 Å². The predicted molar refractivity (Wildman–Crippen MR) is 95.0 cm³/mol. The second-order valence-electron chi connectivity index (χ2n) is 6.24. The van der Waals surface area contributed by atoms with Crippen molar-refractivity contribution in [2.75, 3.05) is 13.7 Å². The van der Waals surface area contributed by atoms with Crippen molar-refractivity contribution >= 4 is 17.8 Å². The Balaban J connectivity index is 1.88. The highest BCUT2D eigenvalue weighted by atomic mass is 16.5. The molecule has 1 aromatic carbocycles. The molecule has 2 rings (SSSR count). The Labute approximate surface area is 156 Å². The van der Waals surface area contributed by atoms with E-state index in [2.05, 4.69) is 20.1 Å². The maximum Gasteiger partial charge on any atom is 0.338 e. The molecule has 1 amide bonds. The van der Waals surface area contributed by atoms with Crippen LogP contribution < -0.4 is 5.32 Å². The van der Waals surface area contributed by atoms with Gasteiger partial charge in [0.05, 0.1) is 18.4 Å². The first kappa shape index (κ1) is 20.1. The SMILES string of the molecule is COC(=O)[C@@H](CC(C)C)NC(=O)COC(=O)c1ccc(-n2cncn2)cc1. The van der Waals surface area contributed by atoms with Gasteiger partial charge in [0.15, 0.2) is 6.61 Å². The number of hydrogen-bond donors (Lipinski definition) is 1. The molecule has 0 radical (unpaired) electrons. The van der Waals surface area contributed by atoms with Crippen molar-refractivity contribution in [2.24, 2.45) is 5.92 Å². The maximum atomic E-state index is 12.1. The fourth-order valence-corrected chi connectivity index (χ4v) is 2.37. The highest BCUT2D eigenvalue weighted by molar-refractivity contribution is 5.92. The third kappa shape index (κ3) is 5.91. The minimum atomic E-state index is -0.775. The molecule has 0 saturated carbocycles. The Bertz CT molecular complexity index is 772. The molecule has 0 bridgehead atoms. The van der Waals surface area contributed by atoms with Crippen molar-refractivity contribution in [1.82, 2.24) is 20.1 Å². The fourth-order valence-electron chi connectivity index (χ4n) is 2.37. The lowest BCUT2D eigenvalue weighted by molar-refractivity contribution is -0.145. The molecule has 2 aromatic rings. The van der Waals surface area contributed by atoms with Gasteiger partial charge in [0.1, 0.15) is 18.7 Å². The average molecular weight is 374 g/mol. The largest absolute Gasteiger partial charge is 0.467 e. The Morgan fingerprint density at radius 1 is 1.19 bits per heavy atom. The van der Waals surface area contributed by atoms with Crippen LogP contribution in [0.3, 0.4) is 0 Å². The molecule has 0 saturated heterocycles. The molecule has 0 aliphatic heterocycles. The highest BCUT2D eigenvalue weighted by Gasteiger charge is 2.23. The molecule has 1 atom stereocenters. The first-order valence-corrected chi connectivity index (χ1v) is 8.40. The number of ether oxygens (including phenoxy) is 2. The van der Waals surface area contributed by atoms with Crippen LogP contribution in [0.1, 0.15) is 30.6 Å². The summed E-state index contributed by atoms with van der Waals surface area (Å²) < 4.78 is 11.2. The molecule has 9 nitrogen and oxygen atoms in total. The van der Waals surface area contributed by atoms with Gasteiger partial charge in [-0.3, -0.25) is 4.79 Å². The summed E-state index contributed by atoms with van der Waals surface area (Å²) >= 11 is 0. The minimum absolute atomic E-state index is 0.181. The number of carbonyl (C=O) groups excluding carboxylic acids is 3. The van der Waals surface area contributed by atoms with Gasteiger partial charge in [-0.1, -0.05) is 13.8 Å². The molecule has 9 heteroatoms. The maximum absolute atomic E-state index is 12.1. The summed E-state index contributed by atoms with van der Waals surface area (Å²) in [7, 11) is 1.25. The smallest absolute Gasteiger partial charge is 0.338 e. The molecule has 144 valence electrons. The summed E-state index contributed by atoms with van der Waals surface area (Å²) in [6.45, 7) is 3.35. The first-order valence-electron chi connectivity index (χ1n) is 8.40. The number of benzene rings is 1. The molecule has 0 aliphatic rings. The predicted octanol–water partition coefficient (Wildman–Crippen LogP) is 1.13. The van der Waals surface area contributed by atoms with E-state index in [0.29, 0.717) is 12.0 Å². The highest BCUT2D eigenvalue weighted by Crippen LogP contribution is 2.09. The summed E-state index contributed by atoms with van der Waals surface area (Å²) in [6.07, 6.45) is 3.37. The van der Waals surface area contributed by atoms with Crippen LogP contribution in [0.4, 0.5) is 0 Å². The lowest BCUT2D eigenvalue weighted by atomic mass is 10.0. The second-order valence-corrected chi connectivity index (χ2v) is 6.24. The number of rotatable bonds is 8. The van der Waals surface area contributed by atoms with Gasteiger partial charge < -0.3 is 14.8 Å². The van der Waals surface area contributed by atoms with Crippen LogP contribution in [0.5, 0.6) is 0 Å². The van der Waals surface area contributed by atoms with Gasteiger partial charge in [0.2, 0.25) is 0 Å². The molecule has 0 unspecified atom stereocenters. The van der Waals surface area contributed by atoms with Crippen molar-refractivity contribution in [3.63, 3.8) is 0 Å². The first-order chi connectivity index (χ1) is 12.9. The van der Waals surface area contributed by atoms with Gasteiger partial charge in [-0.05, 0) is 36.6 Å². The van der Waals surface area contributed by atoms with E-state index in [4.69, 9.17) is 4.74 Å². The fraction of sp³-hybridized carbons (Fsp3) is 0.389. The second kappa shape index (κ2) is 9.46. The van der Waals surface area contributed by atoms with Crippen LogP contribution >= 0.6 is 0 Å². The van der Waals surface area contributed by atoms with Crippen LogP contribution in [-0.4, -0.2) is 52.4 Å². The van der Waals surface area contributed by atoms with Gasteiger partial charge in [-0.15, -0.1) is 0 Å². The van der Waals surface area contributed by atoms with E-state index in [-0.39, 0.29) is 5.92 Å². The van der Waals surface area contributed by atoms with Crippen molar-refractivity contribution in [3.05, 3.63) is 42.5 Å². The molecule has 1 aromatic heterocycles. The molecule has 1 heterocycles. The van der Waals surface area contributed by atoms with Crippen molar-refractivity contribution in [2.45, 2.75) is 26.3 Å². The van der Waals surface area contributed by atoms with E-state index >= 15 is 0 Å². The number of esters is 2. The molecule has 27 heavy (non-hydrogen) atoms. The Morgan fingerprint density at radius 3 is 2.44 bits per heavy atom. The monoisotopic (exact) mass is 374 g/mol. The molecular formula is C18H22N4O5. The summed E-state index contributed by atoms with van der Waals surface area (Å²) in [5.74, 6) is -1.57. The van der Waals surface area contributed by atoms with Gasteiger partial charge in [-0.2, -0.15) is 5.10 Å². The van der Waals surface area contributed by atoms with Crippen LogP contribution in [0.2, 0.25) is 0 Å². The number of amides is 1. The van der Waals surface area contributed by atoms with E-state index in [1.54, 1.807) is 28.9 Å². The summed E-state index contributed by atoms with van der Waals surface area (Å²) in [4.78, 5) is 39.6. The number of aromatic nitrogens is 3. The Morgan fingerprint density at radius 2 is 1.89 bits per heavy atom. The summed E-state index contributed by atoms with van der Waals surface area (Å²) in [5.41, 5.74) is 1.02. The molecule has 0 aliphatic carbocycles. The Kier molecular flexibility index (Phi) is 7.04. The lowest BCUT2D eigenvalue weighted by Crippen LogP contribution is -2.44. The topological polar surface area (TPSA) is 112 Å². The van der Waals surface area contributed by atoms with E-state index in [0.717, 1.165) is 5.69 Å². The van der Waals surface area contributed by atoms with Crippen molar-refractivity contribution in [3.8, 4) is 5.69 Å². The van der Waals surface area contributed by atoms with Crippen LogP contribution in [0.25, 0.3) is 5.69 Å². The molecule has 1 N–H and O–H groups in total. The molecule has 0 fully saturated rings. The molecular weight excluding hydrogens is 352 g/mol. The van der Waals surface area contributed by atoms with Crippen LogP contribution in [0.15, 0.2) is 36.9 Å². The van der Waals surface area contributed by atoms with Gasteiger partial charge in [0, 0.05) is 0 Å². The van der Waals surface area contributed by atoms with Gasteiger partial charge in [0.25, 0.3) is 5.91 Å². The number of nitrogens with zero attached hydrogens (tertiary/aromatic N) is 3. The van der Waals surface area contributed by atoms with Crippen molar-refractivity contribution in [1.29, 1.82) is 0 Å². The van der Waals surface area contributed by atoms with E-state index in [1.807, 2.05) is 13.8 Å². The number of nitrogens with one attached hydrogen (secondary N) is 1. The average Bonchev–Trinajstić information content (AvgIpc) is 3.19. The van der Waals surface area contributed by atoms with E-state index in [9.17, 15) is 14.4 Å². The number of carbonyl (C=O) groups is 3. The van der Waals surface area contributed by atoms with Gasteiger partial charge in [-0.25, -0.2) is 19.3 Å². The summed E-state index contributed by atoms with van der Waals surface area (Å²) in [6, 6.07) is 5.71. The standard InChI is InChI=1S/C18H22N4O5/c1-12(2)8-15(18(25)26-3)21-16(23)9-27-17(24)13-4-6-14(7-5-13)22-11-19-10-20-22/h4-7,10-12,15H,8-9H2,1-3H3,(H,21,23)/t15-/m1/s1. The zero-order valence-corrected chi connectivity index (χ0v) is 15.4. The minimum Gasteiger partial charge on any atom is -0.467 e. The van der Waals surface area contributed by atoms with E-state index in [1.165, 1.54) is 19.8 Å². The Hall–Kier alpha value is -3.23. The zero-order valence-electron chi connectivity index (χ0n) is 15.4. The van der Waals surface area contributed by atoms with E-state index < -0.39 is 30.5 Å². The third-order valence-electron chi connectivity index (χ3n) is 3.65. The zero-order chi connectivity index (χ0) is 19.8. The number of hydrogen-bond acceptors (Lipinski definition) is 7. The lowest BCUT2D eigenvalue weighted by Gasteiger charge is -2.18. The van der Waals surface area contributed by atoms with Gasteiger partial charge >= 0.3 is 11.9 Å². The number of methoxy groups -OCH3 is 1. The summed E-state index contributed by atoms with van der Waals surface area (Å²) in [5, 5.41) is 6.51. The van der Waals surface area contributed by atoms with Crippen LogP contribution in [-0.2, 0) is 19.1 Å². The quantitative estimate of drug-likeness (QED) is 0.689.